The molecule has 0 saturated heterocycles. The molecule has 1 heterocycles. The van der Waals surface area contributed by atoms with Crippen LogP contribution in [-0.2, 0) is 28.8 Å². The Morgan fingerprint density at radius 2 is 1.83 bits per heavy atom. The Morgan fingerprint density at radius 3 is 2.60 bits per heavy atom. The summed E-state index contributed by atoms with van der Waals surface area (Å²) in [6.07, 6.45) is 3.16. The molecule has 0 radical (unpaired) electrons. The average molecular weight is 407 g/mol. The number of ether oxygens (including phenoxy) is 1. The highest BCUT2D eigenvalue weighted by Crippen LogP contribution is 2.28. The predicted octanol–water partition coefficient (Wildman–Crippen LogP) is 3.02. The molecule has 0 fully saturated rings. The molecule has 1 amide bonds. The molecule has 0 saturated carbocycles. The first-order chi connectivity index (χ1) is 14.6. The molecule has 0 atom stereocenters. The molecule has 1 N–H and O–H groups in total. The minimum atomic E-state index is -0.587. The number of benzene rings is 2. The van der Waals surface area contributed by atoms with Crippen molar-refractivity contribution in [2.45, 2.75) is 25.7 Å². The molecule has 2 aromatic carbocycles. The second kappa shape index (κ2) is 8.90. The first-order valence-corrected chi connectivity index (χ1v) is 9.96. The van der Waals surface area contributed by atoms with E-state index in [0.717, 1.165) is 41.8 Å². The van der Waals surface area contributed by atoms with Gasteiger partial charge in [0.2, 0.25) is 0 Å². The summed E-state index contributed by atoms with van der Waals surface area (Å²) in [5, 5.41) is 7.17. The van der Waals surface area contributed by atoms with Gasteiger partial charge in [0.25, 0.3) is 5.91 Å². The first kappa shape index (κ1) is 19.8. The molecular formula is C23H22FN3O3. The summed E-state index contributed by atoms with van der Waals surface area (Å²) in [6.45, 7) is 0.00920. The first-order valence-electron chi connectivity index (χ1n) is 9.96. The number of halogens is 1. The molecule has 0 spiro atoms. The average Bonchev–Trinajstić information content (AvgIpc) is 3.37. The largest absolute Gasteiger partial charge is 0.451 e. The van der Waals surface area contributed by atoms with Crippen LogP contribution in [0.15, 0.2) is 54.6 Å². The second-order valence-corrected chi connectivity index (χ2v) is 7.18. The summed E-state index contributed by atoms with van der Waals surface area (Å²) in [5.41, 5.74) is 4.02. The van der Waals surface area contributed by atoms with Crippen molar-refractivity contribution < 1.29 is 18.7 Å². The highest BCUT2D eigenvalue weighted by Gasteiger charge is 2.28. The molecule has 30 heavy (non-hydrogen) atoms. The third kappa shape index (κ3) is 4.40. The minimum Gasteiger partial charge on any atom is -0.451 e. The Bertz CT molecular complexity index is 1050. The number of amides is 1. The van der Waals surface area contributed by atoms with Crippen LogP contribution in [0.25, 0.3) is 5.69 Å². The van der Waals surface area contributed by atoms with Crippen LogP contribution in [0.2, 0.25) is 0 Å². The highest BCUT2D eigenvalue weighted by molar-refractivity contribution is 5.91. The molecule has 1 aromatic heterocycles. The summed E-state index contributed by atoms with van der Waals surface area (Å²) in [7, 11) is 0. The van der Waals surface area contributed by atoms with Gasteiger partial charge in [-0.1, -0.05) is 30.3 Å². The summed E-state index contributed by atoms with van der Waals surface area (Å²) >= 11 is 0. The number of nitrogens with zero attached hydrogens (tertiary/aromatic N) is 2. The fraction of sp³-hybridized carbons (Fsp3) is 0.261. The molecule has 1 aliphatic carbocycles. The van der Waals surface area contributed by atoms with E-state index in [-0.39, 0.29) is 24.0 Å². The van der Waals surface area contributed by atoms with Crippen molar-refractivity contribution in [3.8, 4) is 5.69 Å². The molecule has 0 aliphatic heterocycles. The van der Waals surface area contributed by atoms with Gasteiger partial charge in [-0.05, 0) is 55.5 Å². The van der Waals surface area contributed by atoms with Gasteiger partial charge in [0.05, 0.1) is 5.69 Å². The lowest BCUT2D eigenvalue weighted by Crippen LogP contribution is -2.30. The number of nitrogens with one attached hydrogen (secondary N) is 1. The van der Waals surface area contributed by atoms with E-state index >= 15 is 0 Å². The van der Waals surface area contributed by atoms with Crippen LogP contribution < -0.4 is 5.32 Å². The van der Waals surface area contributed by atoms with E-state index in [1.807, 2.05) is 30.3 Å². The lowest BCUT2D eigenvalue weighted by Gasteiger charge is -2.07. The lowest BCUT2D eigenvalue weighted by atomic mass is 10.1. The number of para-hydroxylation sites is 1. The third-order valence-electron chi connectivity index (χ3n) is 5.11. The molecule has 6 nitrogen and oxygen atoms in total. The smallest absolute Gasteiger partial charge is 0.359 e. The number of carbonyl (C=O) groups is 2. The highest BCUT2D eigenvalue weighted by atomic mass is 19.1. The van der Waals surface area contributed by atoms with E-state index in [0.29, 0.717) is 13.0 Å². The van der Waals surface area contributed by atoms with Crippen LogP contribution in [0.1, 0.15) is 33.7 Å². The molecule has 0 unspecified atom stereocenters. The van der Waals surface area contributed by atoms with Crippen LogP contribution >= 0.6 is 0 Å². The van der Waals surface area contributed by atoms with Gasteiger partial charge in [-0.25, -0.2) is 13.9 Å². The van der Waals surface area contributed by atoms with Gasteiger partial charge in [-0.3, -0.25) is 4.79 Å². The van der Waals surface area contributed by atoms with E-state index in [9.17, 15) is 14.0 Å². The zero-order valence-electron chi connectivity index (χ0n) is 16.4. The van der Waals surface area contributed by atoms with Crippen molar-refractivity contribution in [1.29, 1.82) is 0 Å². The van der Waals surface area contributed by atoms with Gasteiger partial charge in [0.1, 0.15) is 5.82 Å². The van der Waals surface area contributed by atoms with Crippen LogP contribution in [-0.4, -0.2) is 34.8 Å². The number of carbonyl (C=O) groups excluding carboxylic acids is 2. The molecular weight excluding hydrogens is 385 g/mol. The van der Waals surface area contributed by atoms with Gasteiger partial charge in [-0.2, -0.15) is 5.10 Å². The Labute approximate surface area is 173 Å². The number of rotatable bonds is 7. The van der Waals surface area contributed by atoms with Crippen LogP contribution in [0.5, 0.6) is 0 Å². The molecule has 4 rings (SSSR count). The number of hydrogen-bond donors (Lipinski definition) is 1. The van der Waals surface area contributed by atoms with Crippen molar-refractivity contribution >= 4 is 11.9 Å². The van der Waals surface area contributed by atoms with Gasteiger partial charge in [0.15, 0.2) is 12.3 Å². The van der Waals surface area contributed by atoms with E-state index in [4.69, 9.17) is 4.74 Å². The fourth-order valence-corrected chi connectivity index (χ4v) is 3.63. The topological polar surface area (TPSA) is 73.2 Å². The second-order valence-electron chi connectivity index (χ2n) is 7.18. The SMILES string of the molecule is O=C(COC(=O)c1nn(-c2ccccc2)c2c1CCC2)NCCc1ccc(F)cc1. The Balaban J connectivity index is 1.33. The van der Waals surface area contributed by atoms with Crippen LogP contribution in [0, 0.1) is 5.82 Å². The number of esters is 1. The number of hydrogen-bond acceptors (Lipinski definition) is 4. The number of aromatic nitrogens is 2. The Kier molecular flexibility index (Phi) is 5.88. The fourth-order valence-electron chi connectivity index (χ4n) is 3.63. The summed E-state index contributed by atoms with van der Waals surface area (Å²) < 4.78 is 19.9. The molecule has 7 heteroatoms. The van der Waals surface area contributed by atoms with Crippen LogP contribution in [0.3, 0.4) is 0 Å². The van der Waals surface area contributed by atoms with Crippen molar-refractivity contribution in [3.05, 3.63) is 82.9 Å². The van der Waals surface area contributed by atoms with E-state index < -0.39 is 5.97 Å². The molecule has 3 aromatic rings. The normalized spacial score (nSPS) is 12.4. The maximum Gasteiger partial charge on any atom is 0.359 e. The Morgan fingerprint density at radius 1 is 1.07 bits per heavy atom. The predicted molar refractivity (Wildman–Crippen MR) is 109 cm³/mol. The quantitative estimate of drug-likeness (QED) is 0.611. The van der Waals surface area contributed by atoms with E-state index in [1.54, 1.807) is 16.8 Å². The van der Waals surface area contributed by atoms with Crippen molar-refractivity contribution in [3.63, 3.8) is 0 Å². The maximum atomic E-state index is 12.9. The summed E-state index contributed by atoms with van der Waals surface area (Å²) in [5.74, 6) is -1.27. The minimum absolute atomic E-state index is 0.283. The zero-order chi connectivity index (χ0) is 20.9. The third-order valence-corrected chi connectivity index (χ3v) is 5.11. The summed E-state index contributed by atoms with van der Waals surface area (Å²) in [4.78, 5) is 24.6. The van der Waals surface area contributed by atoms with E-state index in [2.05, 4.69) is 10.4 Å². The Hall–Kier alpha value is -3.48. The van der Waals surface area contributed by atoms with Crippen molar-refractivity contribution in [1.82, 2.24) is 15.1 Å². The van der Waals surface area contributed by atoms with E-state index in [1.165, 1.54) is 12.1 Å². The van der Waals surface area contributed by atoms with Gasteiger partial charge in [0, 0.05) is 17.8 Å². The zero-order valence-corrected chi connectivity index (χ0v) is 16.4. The molecule has 1 aliphatic rings. The molecule has 154 valence electrons. The maximum absolute atomic E-state index is 12.9. The molecule has 0 bridgehead atoms. The van der Waals surface area contributed by atoms with Gasteiger partial charge < -0.3 is 10.1 Å². The van der Waals surface area contributed by atoms with Gasteiger partial charge in [-0.15, -0.1) is 0 Å². The standard InChI is InChI=1S/C23H22FN3O3/c24-17-11-9-16(10-12-17)13-14-25-21(28)15-30-23(29)22-19-7-4-8-20(19)27(26-22)18-5-2-1-3-6-18/h1-3,5-6,9-12H,4,7-8,13-15H2,(H,25,28). The monoisotopic (exact) mass is 407 g/mol. The summed E-state index contributed by atoms with van der Waals surface area (Å²) in [6, 6.07) is 15.8. The lowest BCUT2D eigenvalue weighted by molar-refractivity contribution is -0.124. The van der Waals surface area contributed by atoms with Gasteiger partial charge >= 0.3 is 5.97 Å². The van der Waals surface area contributed by atoms with Crippen molar-refractivity contribution in [2.24, 2.45) is 0 Å². The van der Waals surface area contributed by atoms with Crippen molar-refractivity contribution in [2.75, 3.05) is 13.2 Å². The van der Waals surface area contributed by atoms with Crippen LogP contribution in [0.4, 0.5) is 4.39 Å². The number of fused-ring (bicyclic) bond motifs is 1.